The van der Waals surface area contributed by atoms with Crippen molar-refractivity contribution in [1.82, 2.24) is 9.97 Å². The van der Waals surface area contributed by atoms with Gasteiger partial charge in [0.2, 0.25) is 0 Å². The lowest BCUT2D eigenvalue weighted by Gasteiger charge is -2.09. The van der Waals surface area contributed by atoms with Gasteiger partial charge in [-0.05, 0) is 29.3 Å². The molecule has 0 spiro atoms. The molecule has 0 aliphatic carbocycles. The van der Waals surface area contributed by atoms with Crippen LogP contribution < -0.4 is 0 Å². The van der Waals surface area contributed by atoms with Gasteiger partial charge in [-0.3, -0.25) is 0 Å². The average Bonchev–Trinajstić information content (AvgIpc) is 2.66. The van der Waals surface area contributed by atoms with Crippen LogP contribution in [0.25, 0.3) is 0 Å². The number of nitrogens with one attached hydrogen (secondary N) is 1. The maximum absolute atomic E-state index is 5.32. The van der Waals surface area contributed by atoms with E-state index in [2.05, 4.69) is 25.9 Å². The molecule has 1 aliphatic rings. The van der Waals surface area contributed by atoms with Crippen LogP contribution in [0.5, 0.6) is 0 Å². The average molecular weight is 275 g/mol. The topological polar surface area (TPSA) is 37.9 Å². The normalized spacial score (nSPS) is 21.4. The van der Waals surface area contributed by atoms with Gasteiger partial charge in [-0.2, -0.15) is 0 Å². The van der Waals surface area contributed by atoms with Crippen molar-refractivity contribution < 1.29 is 4.74 Å². The molecule has 3 nitrogen and oxygen atoms in total. The standard InChI is InChI=1S/C9H11BrN2OS/c1-5-7(10)9(14)12-8(11-5)6-2-3-13-4-6/h6H,2-4H2,1H3,(H,11,12,14). The lowest BCUT2D eigenvalue weighted by atomic mass is 10.1. The van der Waals surface area contributed by atoms with Crippen LogP contribution in [0.1, 0.15) is 23.9 Å². The molecule has 1 atom stereocenters. The number of aryl methyl sites for hydroxylation is 1. The summed E-state index contributed by atoms with van der Waals surface area (Å²) in [6.45, 7) is 3.56. The number of halogens is 1. The van der Waals surface area contributed by atoms with Gasteiger partial charge in [0.05, 0.1) is 11.1 Å². The van der Waals surface area contributed by atoms with E-state index >= 15 is 0 Å². The van der Waals surface area contributed by atoms with Gasteiger partial charge in [0.25, 0.3) is 0 Å². The van der Waals surface area contributed by atoms with Crippen molar-refractivity contribution in [1.29, 1.82) is 0 Å². The zero-order valence-electron chi connectivity index (χ0n) is 7.84. The van der Waals surface area contributed by atoms with Crippen LogP contribution in [-0.2, 0) is 4.74 Å². The number of hydrogen-bond acceptors (Lipinski definition) is 3. The maximum atomic E-state index is 5.32. The van der Waals surface area contributed by atoms with Gasteiger partial charge < -0.3 is 9.72 Å². The van der Waals surface area contributed by atoms with E-state index in [4.69, 9.17) is 17.0 Å². The Labute approximate surface area is 96.0 Å². The van der Waals surface area contributed by atoms with E-state index in [0.29, 0.717) is 10.6 Å². The van der Waals surface area contributed by atoms with Crippen molar-refractivity contribution in [3.63, 3.8) is 0 Å². The van der Waals surface area contributed by atoms with E-state index < -0.39 is 0 Å². The first-order chi connectivity index (χ1) is 6.68. The van der Waals surface area contributed by atoms with Gasteiger partial charge in [-0.1, -0.05) is 12.2 Å². The van der Waals surface area contributed by atoms with Gasteiger partial charge in [-0.15, -0.1) is 0 Å². The fourth-order valence-corrected chi connectivity index (χ4v) is 1.98. The van der Waals surface area contributed by atoms with Crippen LogP contribution in [0.2, 0.25) is 0 Å². The third-order valence-corrected chi connectivity index (χ3v) is 3.90. The smallest absolute Gasteiger partial charge is 0.144 e. The molecule has 0 bridgehead atoms. The molecule has 1 aromatic rings. The highest BCUT2D eigenvalue weighted by Gasteiger charge is 2.20. The number of rotatable bonds is 1. The van der Waals surface area contributed by atoms with Crippen molar-refractivity contribution in [2.45, 2.75) is 19.3 Å². The first-order valence-electron chi connectivity index (χ1n) is 4.52. The summed E-state index contributed by atoms with van der Waals surface area (Å²) in [6, 6.07) is 0. The van der Waals surface area contributed by atoms with E-state index in [0.717, 1.165) is 35.6 Å². The lowest BCUT2D eigenvalue weighted by Crippen LogP contribution is -2.06. The zero-order chi connectivity index (χ0) is 10.1. The van der Waals surface area contributed by atoms with Crippen LogP contribution in [0.3, 0.4) is 0 Å². The molecule has 1 aromatic heterocycles. The molecule has 14 heavy (non-hydrogen) atoms. The van der Waals surface area contributed by atoms with Crippen LogP contribution in [0.15, 0.2) is 4.47 Å². The molecule has 1 saturated heterocycles. The van der Waals surface area contributed by atoms with E-state index in [1.54, 1.807) is 0 Å². The van der Waals surface area contributed by atoms with Gasteiger partial charge in [-0.25, -0.2) is 4.98 Å². The minimum atomic E-state index is 0.378. The Hall–Kier alpha value is -0.260. The SMILES string of the molecule is Cc1[nH]c(C2CCOC2)nc(=S)c1Br. The predicted octanol–water partition coefficient (Wildman–Crippen LogP) is 2.71. The number of ether oxygens (including phenoxy) is 1. The number of aromatic nitrogens is 2. The van der Waals surface area contributed by atoms with Crippen molar-refractivity contribution >= 4 is 28.1 Å². The summed E-state index contributed by atoms with van der Waals surface area (Å²) in [5.74, 6) is 1.33. The summed E-state index contributed by atoms with van der Waals surface area (Å²) in [6.07, 6.45) is 1.03. The Bertz CT molecular complexity index is 398. The summed E-state index contributed by atoms with van der Waals surface area (Å²) < 4.78 is 6.83. The second kappa shape index (κ2) is 4.08. The fraction of sp³-hybridized carbons (Fsp3) is 0.556. The largest absolute Gasteiger partial charge is 0.381 e. The highest BCUT2D eigenvalue weighted by atomic mass is 79.9. The van der Waals surface area contributed by atoms with Crippen molar-refractivity contribution in [3.8, 4) is 0 Å². The monoisotopic (exact) mass is 274 g/mol. The lowest BCUT2D eigenvalue weighted by molar-refractivity contribution is 0.193. The zero-order valence-corrected chi connectivity index (χ0v) is 10.2. The molecule has 1 aliphatic heterocycles. The van der Waals surface area contributed by atoms with Gasteiger partial charge in [0.15, 0.2) is 0 Å². The summed E-state index contributed by atoms with van der Waals surface area (Å²) in [5, 5.41) is 0. The van der Waals surface area contributed by atoms with Crippen LogP contribution in [0.4, 0.5) is 0 Å². The molecular formula is C9H11BrN2OS. The van der Waals surface area contributed by atoms with E-state index in [-0.39, 0.29) is 0 Å². The first kappa shape index (κ1) is 10.3. The summed E-state index contributed by atoms with van der Waals surface area (Å²) >= 11 is 8.54. The third kappa shape index (κ3) is 1.89. The maximum Gasteiger partial charge on any atom is 0.144 e. The Morgan fingerprint density at radius 3 is 3.00 bits per heavy atom. The minimum absolute atomic E-state index is 0.378. The number of hydrogen-bond donors (Lipinski definition) is 1. The highest BCUT2D eigenvalue weighted by molar-refractivity contribution is 9.10. The van der Waals surface area contributed by atoms with E-state index in [1.165, 1.54) is 0 Å². The molecule has 0 amide bonds. The first-order valence-corrected chi connectivity index (χ1v) is 5.72. The predicted molar refractivity (Wildman–Crippen MR) is 60.0 cm³/mol. The summed E-state index contributed by atoms with van der Waals surface area (Å²) in [4.78, 5) is 7.60. The van der Waals surface area contributed by atoms with E-state index in [1.807, 2.05) is 6.92 Å². The van der Waals surface area contributed by atoms with E-state index in [9.17, 15) is 0 Å². The molecular weight excluding hydrogens is 264 g/mol. The number of nitrogens with zero attached hydrogens (tertiary/aromatic N) is 1. The highest BCUT2D eigenvalue weighted by Crippen LogP contribution is 2.24. The number of aromatic amines is 1. The Kier molecular flexibility index (Phi) is 2.99. The molecule has 0 saturated carbocycles. The molecule has 76 valence electrons. The summed E-state index contributed by atoms with van der Waals surface area (Å²) in [7, 11) is 0. The van der Waals surface area contributed by atoms with Gasteiger partial charge in [0.1, 0.15) is 10.5 Å². The Morgan fingerprint density at radius 1 is 1.64 bits per heavy atom. The second-order valence-electron chi connectivity index (χ2n) is 3.43. The molecule has 1 N–H and O–H groups in total. The van der Waals surface area contributed by atoms with Crippen molar-refractivity contribution in [2.75, 3.05) is 13.2 Å². The molecule has 1 unspecified atom stereocenters. The van der Waals surface area contributed by atoms with Gasteiger partial charge >= 0.3 is 0 Å². The molecule has 1 fully saturated rings. The van der Waals surface area contributed by atoms with Gasteiger partial charge in [0, 0.05) is 18.2 Å². The Balaban J connectivity index is 2.39. The molecule has 0 aromatic carbocycles. The van der Waals surface area contributed by atoms with Crippen LogP contribution in [-0.4, -0.2) is 23.2 Å². The molecule has 5 heteroatoms. The van der Waals surface area contributed by atoms with Crippen LogP contribution >= 0.6 is 28.1 Å². The number of H-pyrrole nitrogens is 1. The minimum Gasteiger partial charge on any atom is -0.381 e. The summed E-state index contributed by atoms with van der Waals surface area (Å²) in [5.41, 5.74) is 1.03. The fourth-order valence-electron chi connectivity index (χ4n) is 1.54. The third-order valence-electron chi connectivity index (χ3n) is 2.37. The molecule has 0 radical (unpaired) electrons. The quantitative estimate of drug-likeness (QED) is 0.801. The van der Waals surface area contributed by atoms with Crippen molar-refractivity contribution in [3.05, 3.63) is 20.6 Å². The van der Waals surface area contributed by atoms with Crippen molar-refractivity contribution in [2.24, 2.45) is 0 Å². The molecule has 2 rings (SSSR count). The van der Waals surface area contributed by atoms with Crippen LogP contribution in [0, 0.1) is 11.6 Å². The second-order valence-corrected chi connectivity index (χ2v) is 4.61. The Morgan fingerprint density at radius 2 is 2.43 bits per heavy atom. The molecule has 2 heterocycles.